The monoisotopic (exact) mass is 414 g/mol. The fraction of sp³-hybridized carbons (Fsp3) is 0.409. The van der Waals surface area contributed by atoms with Crippen molar-refractivity contribution in [1.82, 2.24) is 0 Å². The molecule has 27 heavy (non-hydrogen) atoms. The molecule has 3 heterocycles. The summed E-state index contributed by atoms with van der Waals surface area (Å²) in [5.74, 6) is 1.63. The Bertz CT molecular complexity index is 921. The average molecular weight is 415 g/mol. The zero-order valence-corrected chi connectivity index (χ0v) is 17.5. The van der Waals surface area contributed by atoms with Crippen molar-refractivity contribution in [3.63, 3.8) is 0 Å². The highest BCUT2D eigenvalue weighted by molar-refractivity contribution is 7.26. The summed E-state index contributed by atoms with van der Waals surface area (Å²) >= 11 is 5.44. The lowest BCUT2D eigenvalue weighted by atomic mass is 9.89. The summed E-state index contributed by atoms with van der Waals surface area (Å²) in [6, 6.07) is 13.1. The Morgan fingerprint density at radius 2 is 1.78 bits per heavy atom. The second-order valence-corrected chi connectivity index (χ2v) is 10.8. The van der Waals surface area contributed by atoms with Crippen molar-refractivity contribution in [1.29, 1.82) is 0 Å². The molecule has 2 bridgehead atoms. The SMILES string of the molecule is O=C(OCCc1ccc(-c2ccc(-c3cccs3)s2)s1)C1CC2CCC1C2. The van der Waals surface area contributed by atoms with Gasteiger partial charge in [0.05, 0.1) is 12.5 Å². The quantitative estimate of drug-likeness (QED) is 0.418. The molecule has 3 atom stereocenters. The van der Waals surface area contributed by atoms with Gasteiger partial charge in [0.25, 0.3) is 0 Å². The van der Waals surface area contributed by atoms with Gasteiger partial charge in [0.15, 0.2) is 0 Å². The summed E-state index contributed by atoms with van der Waals surface area (Å²) in [4.78, 5) is 18.9. The first-order valence-electron chi connectivity index (χ1n) is 9.66. The van der Waals surface area contributed by atoms with Crippen molar-refractivity contribution in [2.45, 2.75) is 32.1 Å². The maximum Gasteiger partial charge on any atom is 0.309 e. The molecule has 3 aromatic heterocycles. The lowest BCUT2D eigenvalue weighted by Crippen LogP contribution is -2.23. The number of fused-ring (bicyclic) bond motifs is 2. The summed E-state index contributed by atoms with van der Waals surface area (Å²) in [7, 11) is 0. The Morgan fingerprint density at radius 3 is 2.52 bits per heavy atom. The van der Waals surface area contributed by atoms with Crippen LogP contribution in [0, 0.1) is 17.8 Å². The van der Waals surface area contributed by atoms with Gasteiger partial charge in [-0.1, -0.05) is 12.5 Å². The third kappa shape index (κ3) is 3.65. The van der Waals surface area contributed by atoms with Gasteiger partial charge in [0, 0.05) is 30.8 Å². The molecule has 5 rings (SSSR count). The predicted octanol–water partition coefficient (Wildman–Crippen LogP) is 6.73. The van der Waals surface area contributed by atoms with Crippen molar-refractivity contribution in [3.8, 4) is 19.5 Å². The Hall–Kier alpha value is -1.43. The van der Waals surface area contributed by atoms with E-state index in [0.717, 1.165) is 18.8 Å². The Labute approximate surface area is 171 Å². The number of ether oxygens (including phenoxy) is 1. The minimum Gasteiger partial charge on any atom is -0.465 e. The zero-order valence-electron chi connectivity index (χ0n) is 15.1. The number of thiophene rings is 3. The maximum absolute atomic E-state index is 12.4. The van der Waals surface area contributed by atoms with Gasteiger partial charge in [-0.15, -0.1) is 34.0 Å². The van der Waals surface area contributed by atoms with E-state index in [1.807, 2.05) is 22.7 Å². The molecule has 5 heteroatoms. The highest BCUT2D eigenvalue weighted by Crippen LogP contribution is 2.48. The number of carbonyl (C=O) groups excluding carboxylic acids is 1. The number of rotatable bonds is 6. The van der Waals surface area contributed by atoms with Crippen molar-refractivity contribution in [2.75, 3.05) is 6.61 Å². The molecule has 3 unspecified atom stereocenters. The molecule has 0 spiro atoms. The smallest absolute Gasteiger partial charge is 0.309 e. The Kier molecular flexibility index (Phi) is 4.92. The van der Waals surface area contributed by atoms with Crippen LogP contribution in [0.4, 0.5) is 0 Å². The van der Waals surface area contributed by atoms with Gasteiger partial charge >= 0.3 is 5.97 Å². The lowest BCUT2D eigenvalue weighted by Gasteiger charge is -2.19. The van der Waals surface area contributed by atoms with Crippen LogP contribution in [-0.2, 0) is 16.0 Å². The van der Waals surface area contributed by atoms with Gasteiger partial charge in [0.2, 0.25) is 0 Å². The Morgan fingerprint density at radius 1 is 0.963 bits per heavy atom. The summed E-state index contributed by atoms with van der Waals surface area (Å²) in [5, 5.41) is 2.12. The molecule has 2 saturated carbocycles. The van der Waals surface area contributed by atoms with Gasteiger partial charge in [-0.05, 0) is 66.8 Å². The average Bonchev–Trinajstić information content (AvgIpc) is 3.50. The van der Waals surface area contributed by atoms with E-state index < -0.39 is 0 Å². The third-order valence-electron chi connectivity index (χ3n) is 5.91. The molecule has 0 amide bonds. The molecule has 0 aromatic carbocycles. The predicted molar refractivity (Wildman–Crippen MR) is 115 cm³/mol. The van der Waals surface area contributed by atoms with Crippen molar-refractivity contribution >= 4 is 40.0 Å². The maximum atomic E-state index is 12.4. The van der Waals surface area contributed by atoms with Gasteiger partial charge in [-0.2, -0.15) is 0 Å². The summed E-state index contributed by atoms with van der Waals surface area (Å²) in [5.41, 5.74) is 0. The second-order valence-electron chi connectivity index (χ2n) is 7.61. The zero-order chi connectivity index (χ0) is 18.2. The van der Waals surface area contributed by atoms with Crippen LogP contribution in [0.15, 0.2) is 41.8 Å². The van der Waals surface area contributed by atoms with E-state index in [1.54, 1.807) is 11.3 Å². The topological polar surface area (TPSA) is 26.3 Å². The first-order valence-corrected chi connectivity index (χ1v) is 12.2. The number of esters is 1. The van der Waals surface area contributed by atoms with Crippen LogP contribution in [0.25, 0.3) is 19.5 Å². The van der Waals surface area contributed by atoms with E-state index in [9.17, 15) is 4.79 Å². The first-order chi connectivity index (χ1) is 13.3. The molecule has 2 fully saturated rings. The van der Waals surface area contributed by atoms with Crippen LogP contribution in [0.3, 0.4) is 0 Å². The van der Waals surface area contributed by atoms with Gasteiger partial charge in [-0.3, -0.25) is 4.79 Å². The van der Waals surface area contributed by atoms with Gasteiger partial charge < -0.3 is 4.74 Å². The molecule has 0 radical (unpaired) electrons. The van der Waals surface area contributed by atoms with Crippen LogP contribution < -0.4 is 0 Å². The first kappa shape index (κ1) is 17.7. The largest absolute Gasteiger partial charge is 0.465 e. The van der Waals surface area contributed by atoms with Crippen molar-refractivity contribution < 1.29 is 9.53 Å². The molecular weight excluding hydrogens is 392 g/mol. The molecule has 0 saturated heterocycles. The molecule has 140 valence electrons. The van der Waals surface area contributed by atoms with Crippen molar-refractivity contribution in [2.24, 2.45) is 17.8 Å². The number of hydrogen-bond donors (Lipinski definition) is 0. The highest BCUT2D eigenvalue weighted by Gasteiger charge is 2.43. The molecule has 2 nitrogen and oxygen atoms in total. The van der Waals surface area contributed by atoms with Crippen LogP contribution in [-0.4, -0.2) is 12.6 Å². The minimum absolute atomic E-state index is 0.0535. The Balaban J connectivity index is 1.16. The van der Waals surface area contributed by atoms with Crippen LogP contribution >= 0.6 is 34.0 Å². The molecule has 2 aliphatic carbocycles. The molecular formula is C22H22O2S3. The van der Waals surface area contributed by atoms with E-state index >= 15 is 0 Å². The third-order valence-corrected chi connectivity index (χ3v) is 9.40. The van der Waals surface area contributed by atoms with Crippen molar-refractivity contribution in [3.05, 3.63) is 46.7 Å². The number of carbonyl (C=O) groups is 1. The van der Waals surface area contributed by atoms with E-state index in [0.29, 0.717) is 12.5 Å². The van der Waals surface area contributed by atoms with Gasteiger partial charge in [-0.25, -0.2) is 0 Å². The van der Waals surface area contributed by atoms with Gasteiger partial charge in [0.1, 0.15) is 0 Å². The lowest BCUT2D eigenvalue weighted by molar-refractivity contribution is -0.150. The summed E-state index contributed by atoms with van der Waals surface area (Å²) in [6.07, 6.45) is 5.69. The fourth-order valence-electron chi connectivity index (χ4n) is 4.56. The molecule has 3 aromatic rings. The molecule has 2 aliphatic rings. The molecule has 0 N–H and O–H groups in total. The second kappa shape index (κ2) is 7.53. The van der Waals surface area contributed by atoms with E-state index in [-0.39, 0.29) is 11.9 Å². The normalized spacial score (nSPS) is 23.8. The number of hydrogen-bond acceptors (Lipinski definition) is 5. The summed E-state index contributed by atoms with van der Waals surface area (Å²) in [6.45, 7) is 0.511. The summed E-state index contributed by atoms with van der Waals surface area (Å²) < 4.78 is 5.62. The fourth-order valence-corrected chi connectivity index (χ4v) is 7.48. The van der Waals surface area contributed by atoms with Crippen LogP contribution in [0.1, 0.15) is 30.6 Å². The highest BCUT2D eigenvalue weighted by atomic mass is 32.1. The van der Waals surface area contributed by atoms with Crippen LogP contribution in [0.5, 0.6) is 0 Å². The van der Waals surface area contributed by atoms with Crippen LogP contribution in [0.2, 0.25) is 0 Å². The van der Waals surface area contributed by atoms with E-state index in [1.165, 1.54) is 43.6 Å². The molecule has 0 aliphatic heterocycles. The minimum atomic E-state index is 0.0535. The van der Waals surface area contributed by atoms with E-state index in [2.05, 4.69) is 41.8 Å². The van der Waals surface area contributed by atoms with E-state index in [4.69, 9.17) is 4.74 Å². The standard InChI is InChI=1S/C22H22O2S3/c23-22(17-13-14-3-4-15(17)12-14)24-10-9-16-5-6-20(26-16)21-8-7-19(27-21)18-2-1-11-25-18/h1-2,5-8,11,14-15,17H,3-4,9-10,12-13H2.